The number of aromatic nitrogens is 1. The van der Waals surface area contributed by atoms with E-state index in [4.69, 9.17) is 14.2 Å². The number of hydrogen-bond acceptors (Lipinski definition) is 7. The average molecular weight is 633 g/mol. The fourth-order valence-electron chi connectivity index (χ4n) is 5.46. The minimum absolute atomic E-state index is 0.0650. The van der Waals surface area contributed by atoms with E-state index in [1.807, 2.05) is 0 Å². The van der Waals surface area contributed by atoms with Crippen molar-refractivity contribution in [3.63, 3.8) is 0 Å². The molecule has 0 spiro atoms. The topological polar surface area (TPSA) is 102 Å². The third-order valence-electron chi connectivity index (χ3n) is 8.39. The summed E-state index contributed by atoms with van der Waals surface area (Å²) >= 11 is 0. The molecule has 1 heterocycles. The zero-order valence-corrected chi connectivity index (χ0v) is 26.4. The number of fused-ring (bicyclic) bond motifs is 1. The van der Waals surface area contributed by atoms with Gasteiger partial charge in [0, 0.05) is 41.6 Å². The van der Waals surface area contributed by atoms with Gasteiger partial charge in [0.25, 0.3) is 0 Å². The van der Waals surface area contributed by atoms with Crippen molar-refractivity contribution in [2.75, 3.05) is 44.0 Å². The van der Waals surface area contributed by atoms with Gasteiger partial charge in [-0.15, -0.1) is 0 Å². The van der Waals surface area contributed by atoms with Gasteiger partial charge in [-0.3, -0.25) is 14.6 Å². The number of rotatable bonds is 14. The smallest absolute Gasteiger partial charge is 0.240 e. The van der Waals surface area contributed by atoms with E-state index in [0.717, 1.165) is 32.1 Å². The van der Waals surface area contributed by atoms with Crippen LogP contribution < -0.4 is 24.8 Å². The number of carbonyl (C=O) groups excluding carboxylic acids is 2. The number of nitrogens with zero attached hydrogens (tertiary/aromatic N) is 2. The minimum Gasteiger partial charge on any atom is -0.493 e. The van der Waals surface area contributed by atoms with Crippen molar-refractivity contribution in [3.05, 3.63) is 78.5 Å². The summed E-state index contributed by atoms with van der Waals surface area (Å²) in [7, 11) is 1.55. The molecule has 4 aromatic rings. The van der Waals surface area contributed by atoms with Gasteiger partial charge >= 0.3 is 0 Å². The summed E-state index contributed by atoms with van der Waals surface area (Å²) in [6.07, 6.45) is 2.75. The molecule has 1 aliphatic rings. The first-order valence-corrected chi connectivity index (χ1v) is 15.4. The highest BCUT2D eigenvalue weighted by molar-refractivity contribution is 6.17. The highest BCUT2D eigenvalue weighted by atomic mass is 19.1. The second kappa shape index (κ2) is 14.1. The van der Waals surface area contributed by atoms with Gasteiger partial charge in [0.15, 0.2) is 23.1 Å². The number of methoxy groups -OCH3 is 1. The zero-order chi connectivity index (χ0) is 32.8. The van der Waals surface area contributed by atoms with Gasteiger partial charge in [0.1, 0.15) is 17.0 Å². The van der Waals surface area contributed by atoms with Crippen LogP contribution in [0, 0.1) is 23.0 Å². The van der Waals surface area contributed by atoms with Crippen molar-refractivity contribution in [3.8, 4) is 23.0 Å². The van der Waals surface area contributed by atoms with Crippen molar-refractivity contribution in [1.82, 2.24) is 9.88 Å². The van der Waals surface area contributed by atoms with E-state index < -0.39 is 28.9 Å². The third-order valence-corrected chi connectivity index (χ3v) is 8.39. The molecule has 2 amide bonds. The normalized spacial score (nSPS) is 17.1. The number of carbonyl (C=O) groups is 2. The van der Waals surface area contributed by atoms with Gasteiger partial charge in [-0.05, 0) is 80.4 Å². The Balaban J connectivity index is 1.27. The lowest BCUT2D eigenvalue weighted by atomic mass is 10.0. The lowest BCUT2D eigenvalue weighted by Gasteiger charge is -2.18. The van der Waals surface area contributed by atoms with E-state index in [2.05, 4.69) is 34.4 Å². The Bertz CT molecular complexity index is 1710. The molecule has 0 aliphatic heterocycles. The van der Waals surface area contributed by atoms with Crippen LogP contribution in [0.25, 0.3) is 10.9 Å². The van der Waals surface area contributed by atoms with Crippen LogP contribution in [0.3, 0.4) is 0 Å². The molecule has 1 fully saturated rings. The van der Waals surface area contributed by atoms with Crippen molar-refractivity contribution in [2.24, 2.45) is 11.3 Å². The quantitative estimate of drug-likeness (QED) is 0.114. The fraction of sp³-hybridized carbons (Fsp3) is 0.343. The molecule has 1 aliphatic carbocycles. The lowest BCUT2D eigenvalue weighted by molar-refractivity contribution is -0.131. The highest BCUT2D eigenvalue weighted by Crippen LogP contribution is 2.53. The Morgan fingerprint density at radius 2 is 1.59 bits per heavy atom. The van der Waals surface area contributed by atoms with E-state index in [1.54, 1.807) is 38.4 Å². The van der Waals surface area contributed by atoms with Gasteiger partial charge in [-0.1, -0.05) is 20.8 Å². The first-order chi connectivity index (χ1) is 22.2. The Kier molecular flexibility index (Phi) is 10.0. The average Bonchev–Trinajstić information content (AvgIpc) is 3.75. The van der Waals surface area contributed by atoms with E-state index in [0.29, 0.717) is 46.9 Å². The molecule has 0 bridgehead atoms. The number of amides is 2. The van der Waals surface area contributed by atoms with Crippen LogP contribution in [0.4, 0.5) is 20.2 Å². The first kappa shape index (κ1) is 32.6. The number of hydrogen-bond donors (Lipinski definition) is 2. The highest BCUT2D eigenvalue weighted by Gasteiger charge is 2.63. The van der Waals surface area contributed by atoms with Crippen LogP contribution >= 0.6 is 0 Å². The molecule has 1 aromatic heterocycles. The number of pyridine rings is 1. The summed E-state index contributed by atoms with van der Waals surface area (Å²) in [5.74, 6) is -1.08. The molecule has 11 heteroatoms. The molecule has 0 unspecified atom stereocenters. The number of nitrogens with one attached hydrogen (secondary N) is 2. The van der Waals surface area contributed by atoms with E-state index >= 15 is 4.39 Å². The van der Waals surface area contributed by atoms with Crippen LogP contribution in [-0.2, 0) is 9.59 Å². The Hall–Kier alpha value is -4.77. The molecule has 2 atom stereocenters. The summed E-state index contributed by atoms with van der Waals surface area (Å²) < 4.78 is 46.1. The largest absolute Gasteiger partial charge is 0.493 e. The molecule has 242 valence electrons. The van der Waals surface area contributed by atoms with E-state index in [1.165, 1.54) is 36.4 Å². The molecular weight excluding hydrogens is 594 g/mol. The second-order valence-electron chi connectivity index (χ2n) is 11.3. The van der Waals surface area contributed by atoms with Gasteiger partial charge in [-0.2, -0.15) is 0 Å². The molecule has 2 N–H and O–H groups in total. The number of anilines is 2. The fourth-order valence-corrected chi connectivity index (χ4v) is 5.46. The van der Waals surface area contributed by atoms with E-state index in [9.17, 15) is 14.0 Å². The Morgan fingerprint density at radius 3 is 2.22 bits per heavy atom. The predicted octanol–water partition coefficient (Wildman–Crippen LogP) is 7.03. The summed E-state index contributed by atoms with van der Waals surface area (Å²) in [5, 5.41) is 5.95. The van der Waals surface area contributed by atoms with Gasteiger partial charge in [0.2, 0.25) is 11.8 Å². The van der Waals surface area contributed by atoms with Crippen LogP contribution in [-0.4, -0.2) is 55.0 Å². The van der Waals surface area contributed by atoms with Crippen LogP contribution in [0.5, 0.6) is 23.0 Å². The molecule has 9 nitrogen and oxygen atoms in total. The number of halogens is 2. The zero-order valence-electron chi connectivity index (χ0n) is 26.4. The molecule has 0 radical (unpaired) electrons. The molecule has 5 rings (SSSR count). The molecule has 1 saturated carbocycles. The third kappa shape index (κ3) is 7.04. The Labute approximate surface area is 266 Å². The van der Waals surface area contributed by atoms with Crippen LogP contribution in [0.15, 0.2) is 66.9 Å². The van der Waals surface area contributed by atoms with Crippen molar-refractivity contribution in [1.29, 1.82) is 0 Å². The van der Waals surface area contributed by atoms with Gasteiger partial charge in [-0.25, -0.2) is 8.78 Å². The molecule has 46 heavy (non-hydrogen) atoms. The monoisotopic (exact) mass is 632 g/mol. The maximum Gasteiger partial charge on any atom is 0.240 e. The van der Waals surface area contributed by atoms with Crippen molar-refractivity contribution >= 4 is 34.1 Å². The van der Waals surface area contributed by atoms with Gasteiger partial charge in [0.05, 0.1) is 19.2 Å². The van der Waals surface area contributed by atoms with E-state index in [-0.39, 0.29) is 17.4 Å². The Morgan fingerprint density at radius 1 is 0.913 bits per heavy atom. The SMILES string of the molecule is CCN(CC)CCCOc1cc2nccc(Oc3ccc(NC(=O)[C@]4(C(=O)Nc5ccc(F)cc5)C[C@H]4C)cc3F)c2cc1OC. The number of ether oxygens (including phenoxy) is 3. The van der Waals surface area contributed by atoms with Gasteiger partial charge < -0.3 is 29.7 Å². The summed E-state index contributed by atoms with van der Waals surface area (Å²) in [6, 6.07) is 14.5. The van der Waals surface area contributed by atoms with Crippen molar-refractivity contribution in [2.45, 2.75) is 33.6 Å². The predicted molar refractivity (Wildman–Crippen MR) is 173 cm³/mol. The minimum atomic E-state index is -1.32. The summed E-state index contributed by atoms with van der Waals surface area (Å²) in [5.41, 5.74) is -0.180. The maximum absolute atomic E-state index is 15.3. The lowest BCUT2D eigenvalue weighted by Crippen LogP contribution is -2.37. The number of benzene rings is 3. The van der Waals surface area contributed by atoms with Crippen LogP contribution in [0.1, 0.15) is 33.6 Å². The maximum atomic E-state index is 15.3. The molecule has 3 aromatic carbocycles. The first-order valence-electron chi connectivity index (χ1n) is 15.4. The van der Waals surface area contributed by atoms with Crippen molar-refractivity contribution < 1.29 is 32.6 Å². The molecular formula is C35H38F2N4O5. The van der Waals surface area contributed by atoms with Crippen LogP contribution in [0.2, 0.25) is 0 Å². The summed E-state index contributed by atoms with van der Waals surface area (Å²) in [4.78, 5) is 33.1. The molecule has 0 saturated heterocycles. The standard InChI is InChI=1S/C35H38F2N4O5/c1-5-41(6-2)16-7-17-45-32-20-28-26(19-31(32)44-4)29(14-15-38-28)46-30-13-12-25(18-27(30)37)40-34(43)35(21-22(35)3)33(42)39-24-10-8-23(36)9-11-24/h8-15,18-20,22H,5-7,16-17,21H2,1-4H3,(H,39,42)(H,40,43)/t22-,35-/m1/s1. The second-order valence-corrected chi connectivity index (χ2v) is 11.3. The summed E-state index contributed by atoms with van der Waals surface area (Å²) in [6.45, 7) is 9.47.